The van der Waals surface area contributed by atoms with Gasteiger partial charge in [0, 0.05) is 6.07 Å². The Kier molecular flexibility index (Phi) is 1.87. The monoisotopic (exact) mass is 246 g/mol. The molecule has 0 fully saturated rings. The van der Waals surface area contributed by atoms with Crippen molar-refractivity contribution >= 4 is 26.9 Å². The van der Waals surface area contributed by atoms with Gasteiger partial charge < -0.3 is 4.42 Å². The van der Waals surface area contributed by atoms with Crippen LogP contribution in [0.5, 0.6) is 0 Å². The minimum atomic E-state index is -0.653. The van der Waals surface area contributed by atoms with E-state index in [1.54, 1.807) is 6.92 Å². The largest absolute Gasteiger partial charge is 0.461 e. The van der Waals surface area contributed by atoms with Crippen molar-refractivity contribution in [1.29, 1.82) is 0 Å². The van der Waals surface area contributed by atoms with Crippen LogP contribution in [0.2, 0.25) is 0 Å². The first kappa shape index (κ1) is 8.69. The molecule has 0 N–H and O–H groups in total. The van der Waals surface area contributed by atoms with Gasteiger partial charge >= 0.3 is 0 Å². The molecule has 1 heterocycles. The lowest BCUT2D eigenvalue weighted by Crippen LogP contribution is -1.83. The third-order valence-corrected chi connectivity index (χ3v) is 2.51. The van der Waals surface area contributed by atoms with E-state index in [4.69, 9.17) is 4.42 Å². The Bertz CT molecular complexity index is 476. The SMILES string of the molecule is Cc1cc2c(F)c(Br)c(F)cc2o1. The van der Waals surface area contributed by atoms with Crippen LogP contribution < -0.4 is 0 Å². The molecular formula is C9H5BrF2O. The second-order valence-electron chi connectivity index (χ2n) is 2.76. The Morgan fingerprint density at radius 1 is 1.31 bits per heavy atom. The average Bonchev–Trinajstić information content (AvgIpc) is 2.42. The number of aryl methyl sites for hydroxylation is 1. The highest BCUT2D eigenvalue weighted by Gasteiger charge is 2.13. The molecule has 68 valence electrons. The van der Waals surface area contributed by atoms with E-state index in [0.29, 0.717) is 11.1 Å². The molecule has 0 saturated heterocycles. The summed E-state index contributed by atoms with van der Waals surface area (Å²) in [6.45, 7) is 1.69. The summed E-state index contributed by atoms with van der Waals surface area (Å²) < 4.78 is 31.2. The fraction of sp³-hybridized carbons (Fsp3) is 0.111. The van der Waals surface area contributed by atoms with Gasteiger partial charge in [-0.25, -0.2) is 8.78 Å². The molecule has 0 amide bonds. The van der Waals surface area contributed by atoms with Crippen LogP contribution in [0.3, 0.4) is 0 Å². The minimum Gasteiger partial charge on any atom is -0.461 e. The summed E-state index contributed by atoms with van der Waals surface area (Å²) in [4.78, 5) is 0. The fourth-order valence-electron chi connectivity index (χ4n) is 1.21. The molecule has 0 atom stereocenters. The Morgan fingerprint density at radius 2 is 2.00 bits per heavy atom. The zero-order valence-corrected chi connectivity index (χ0v) is 8.28. The second kappa shape index (κ2) is 2.80. The summed E-state index contributed by atoms with van der Waals surface area (Å²) in [6.07, 6.45) is 0. The van der Waals surface area contributed by atoms with Gasteiger partial charge in [-0.3, -0.25) is 0 Å². The number of benzene rings is 1. The first-order valence-electron chi connectivity index (χ1n) is 3.63. The lowest BCUT2D eigenvalue weighted by molar-refractivity contribution is 0.557. The maximum atomic E-state index is 13.3. The van der Waals surface area contributed by atoms with Gasteiger partial charge in [0.15, 0.2) is 5.82 Å². The van der Waals surface area contributed by atoms with Crippen molar-refractivity contribution in [3.05, 3.63) is 34.0 Å². The molecule has 0 unspecified atom stereocenters. The number of hydrogen-bond acceptors (Lipinski definition) is 1. The van der Waals surface area contributed by atoms with Gasteiger partial charge in [-0.05, 0) is 28.9 Å². The smallest absolute Gasteiger partial charge is 0.151 e. The van der Waals surface area contributed by atoms with Gasteiger partial charge in [-0.2, -0.15) is 0 Å². The Morgan fingerprint density at radius 3 is 2.69 bits per heavy atom. The van der Waals surface area contributed by atoms with Crippen LogP contribution in [0, 0.1) is 18.6 Å². The van der Waals surface area contributed by atoms with Gasteiger partial charge in [-0.1, -0.05) is 0 Å². The number of fused-ring (bicyclic) bond motifs is 1. The van der Waals surface area contributed by atoms with E-state index in [1.165, 1.54) is 6.07 Å². The summed E-state index contributed by atoms with van der Waals surface area (Å²) in [5.74, 6) is -0.711. The van der Waals surface area contributed by atoms with Gasteiger partial charge in [0.25, 0.3) is 0 Å². The van der Waals surface area contributed by atoms with Crippen LogP contribution in [-0.2, 0) is 0 Å². The molecule has 13 heavy (non-hydrogen) atoms. The molecule has 0 aliphatic rings. The van der Waals surface area contributed by atoms with E-state index < -0.39 is 11.6 Å². The van der Waals surface area contributed by atoms with Crippen LogP contribution in [-0.4, -0.2) is 0 Å². The Hall–Kier alpha value is -0.900. The fourth-order valence-corrected chi connectivity index (χ4v) is 1.54. The maximum Gasteiger partial charge on any atom is 0.151 e. The summed E-state index contributed by atoms with van der Waals surface area (Å²) in [5.41, 5.74) is 0.232. The van der Waals surface area contributed by atoms with Gasteiger partial charge in [0.1, 0.15) is 17.2 Å². The molecule has 0 bridgehead atoms. The maximum absolute atomic E-state index is 13.3. The van der Waals surface area contributed by atoms with Crippen molar-refractivity contribution in [2.75, 3.05) is 0 Å². The minimum absolute atomic E-state index is 0.152. The lowest BCUT2D eigenvalue weighted by atomic mass is 10.2. The van der Waals surface area contributed by atoms with E-state index in [9.17, 15) is 8.78 Å². The summed E-state index contributed by atoms with van der Waals surface area (Å²) in [5, 5.41) is 0.297. The van der Waals surface area contributed by atoms with E-state index in [0.717, 1.165) is 6.07 Å². The first-order chi connectivity index (χ1) is 6.09. The third-order valence-electron chi connectivity index (χ3n) is 1.78. The molecule has 4 heteroatoms. The van der Waals surface area contributed by atoms with Crippen molar-refractivity contribution in [2.24, 2.45) is 0 Å². The van der Waals surface area contributed by atoms with Gasteiger partial charge in [0.2, 0.25) is 0 Å². The predicted octanol–water partition coefficient (Wildman–Crippen LogP) is 3.78. The third kappa shape index (κ3) is 1.25. The van der Waals surface area contributed by atoms with Crippen LogP contribution in [0.1, 0.15) is 5.76 Å². The van der Waals surface area contributed by atoms with Crippen LogP contribution in [0.15, 0.2) is 21.0 Å². The van der Waals surface area contributed by atoms with Crippen LogP contribution in [0.4, 0.5) is 8.78 Å². The van der Waals surface area contributed by atoms with E-state index in [1.807, 2.05) is 0 Å². The number of halogens is 3. The van der Waals surface area contributed by atoms with Crippen LogP contribution >= 0.6 is 15.9 Å². The summed E-state index contributed by atoms with van der Waals surface area (Å²) >= 11 is 2.82. The first-order valence-corrected chi connectivity index (χ1v) is 4.42. The zero-order valence-electron chi connectivity index (χ0n) is 6.70. The molecule has 0 aliphatic heterocycles. The molecule has 1 nitrogen and oxygen atoms in total. The molecule has 0 radical (unpaired) electrons. The molecule has 0 aliphatic carbocycles. The van der Waals surface area contributed by atoms with Crippen molar-refractivity contribution in [3.8, 4) is 0 Å². The lowest BCUT2D eigenvalue weighted by Gasteiger charge is -1.96. The second-order valence-corrected chi connectivity index (χ2v) is 3.55. The van der Waals surface area contributed by atoms with E-state index in [-0.39, 0.29) is 10.1 Å². The highest BCUT2D eigenvalue weighted by atomic mass is 79.9. The predicted molar refractivity (Wildman–Crippen MR) is 48.6 cm³/mol. The van der Waals surface area contributed by atoms with Gasteiger partial charge in [0.05, 0.1) is 9.86 Å². The number of hydrogen-bond donors (Lipinski definition) is 0. The summed E-state index contributed by atoms with van der Waals surface area (Å²) in [6, 6.07) is 2.70. The standard InChI is InChI=1S/C9H5BrF2O/c1-4-2-5-7(13-4)3-6(11)8(10)9(5)12/h2-3H,1H3. The van der Waals surface area contributed by atoms with Crippen molar-refractivity contribution in [3.63, 3.8) is 0 Å². The molecule has 0 spiro atoms. The molecule has 2 aromatic rings. The number of rotatable bonds is 0. The number of furan rings is 1. The highest BCUT2D eigenvalue weighted by molar-refractivity contribution is 9.10. The average molecular weight is 247 g/mol. The Labute approximate surface area is 81.5 Å². The molecular weight excluding hydrogens is 242 g/mol. The van der Waals surface area contributed by atoms with Gasteiger partial charge in [-0.15, -0.1) is 0 Å². The molecule has 1 aromatic carbocycles. The quantitative estimate of drug-likeness (QED) is 0.645. The summed E-state index contributed by atoms with van der Waals surface area (Å²) in [7, 11) is 0. The highest BCUT2D eigenvalue weighted by Crippen LogP contribution is 2.29. The van der Waals surface area contributed by atoms with Crippen molar-refractivity contribution in [2.45, 2.75) is 6.92 Å². The van der Waals surface area contributed by atoms with Crippen molar-refractivity contribution < 1.29 is 13.2 Å². The van der Waals surface area contributed by atoms with E-state index in [2.05, 4.69) is 15.9 Å². The molecule has 0 saturated carbocycles. The topological polar surface area (TPSA) is 13.1 Å². The zero-order chi connectivity index (χ0) is 9.59. The Balaban J connectivity index is 2.92. The normalized spacial score (nSPS) is 11.1. The van der Waals surface area contributed by atoms with Crippen LogP contribution in [0.25, 0.3) is 11.0 Å². The molecule has 2 rings (SSSR count). The van der Waals surface area contributed by atoms with Crippen molar-refractivity contribution in [1.82, 2.24) is 0 Å². The molecule has 1 aromatic heterocycles. The van der Waals surface area contributed by atoms with E-state index >= 15 is 0 Å².